The van der Waals surface area contributed by atoms with Crippen molar-refractivity contribution in [3.05, 3.63) is 35.4 Å². The van der Waals surface area contributed by atoms with Crippen LogP contribution in [0.15, 0.2) is 29.8 Å². The predicted octanol–water partition coefficient (Wildman–Crippen LogP) is 3.10. The molecular formula is C14H21NO. The van der Waals surface area contributed by atoms with Crippen molar-refractivity contribution in [3.63, 3.8) is 0 Å². The number of likely N-dealkylation sites (N-methyl/N-ethyl adjacent to an activating group) is 1. The molecule has 1 aromatic rings. The molecule has 16 heavy (non-hydrogen) atoms. The minimum Gasteiger partial charge on any atom is -0.494 e. The number of ether oxygens (including phenoxy) is 1. The third-order valence-electron chi connectivity index (χ3n) is 2.20. The van der Waals surface area contributed by atoms with E-state index in [4.69, 9.17) is 4.74 Å². The molecular weight excluding hydrogens is 198 g/mol. The monoisotopic (exact) mass is 219 g/mol. The number of nitrogens with one attached hydrogen (secondary N) is 1. The molecule has 0 amide bonds. The van der Waals surface area contributed by atoms with E-state index in [2.05, 4.69) is 37.4 Å². The average Bonchev–Trinajstić information content (AvgIpc) is 2.27. The van der Waals surface area contributed by atoms with Crippen LogP contribution in [0.5, 0.6) is 5.75 Å². The van der Waals surface area contributed by atoms with Gasteiger partial charge in [-0.25, -0.2) is 0 Å². The van der Waals surface area contributed by atoms with Crippen molar-refractivity contribution in [1.29, 1.82) is 0 Å². The van der Waals surface area contributed by atoms with Crippen LogP contribution < -0.4 is 10.1 Å². The first-order valence-electron chi connectivity index (χ1n) is 5.81. The average molecular weight is 219 g/mol. The molecule has 0 saturated carbocycles. The predicted molar refractivity (Wildman–Crippen MR) is 69.8 cm³/mol. The van der Waals surface area contributed by atoms with Crippen molar-refractivity contribution >= 4 is 6.08 Å². The van der Waals surface area contributed by atoms with E-state index in [9.17, 15) is 0 Å². The van der Waals surface area contributed by atoms with Gasteiger partial charge in [-0.3, -0.25) is 0 Å². The minimum atomic E-state index is 0.780. The van der Waals surface area contributed by atoms with Crippen LogP contribution in [0.4, 0.5) is 0 Å². The molecule has 0 aliphatic heterocycles. The second-order valence-corrected chi connectivity index (χ2v) is 3.94. The molecule has 0 aliphatic carbocycles. The Morgan fingerprint density at radius 2 is 2.25 bits per heavy atom. The molecule has 0 fully saturated rings. The first-order valence-corrected chi connectivity index (χ1v) is 5.81. The Hall–Kier alpha value is -1.28. The summed E-state index contributed by atoms with van der Waals surface area (Å²) in [7, 11) is 1.96. The minimum absolute atomic E-state index is 0.780. The first-order chi connectivity index (χ1) is 7.76. The van der Waals surface area contributed by atoms with Gasteiger partial charge in [-0.15, -0.1) is 0 Å². The van der Waals surface area contributed by atoms with Crippen LogP contribution in [0, 0.1) is 0 Å². The fourth-order valence-corrected chi connectivity index (χ4v) is 1.53. The molecule has 1 aromatic carbocycles. The van der Waals surface area contributed by atoms with Gasteiger partial charge in [0.2, 0.25) is 0 Å². The normalized spacial score (nSPS) is 11.6. The highest BCUT2D eigenvalue weighted by atomic mass is 16.5. The molecule has 88 valence electrons. The fraction of sp³-hybridized carbons (Fsp3) is 0.429. The van der Waals surface area contributed by atoms with Gasteiger partial charge in [-0.1, -0.05) is 30.7 Å². The molecule has 2 heteroatoms. The topological polar surface area (TPSA) is 21.3 Å². The maximum atomic E-state index is 5.59. The zero-order valence-electron chi connectivity index (χ0n) is 10.4. The Balaban J connectivity index is 2.70. The van der Waals surface area contributed by atoms with Crippen LogP contribution >= 0.6 is 0 Å². The number of hydrogen-bond donors (Lipinski definition) is 1. The highest BCUT2D eigenvalue weighted by Crippen LogP contribution is 2.15. The number of hydrogen-bond acceptors (Lipinski definition) is 2. The quantitative estimate of drug-likeness (QED) is 0.793. The molecule has 0 bridgehead atoms. The molecule has 0 heterocycles. The Kier molecular flexibility index (Phi) is 5.65. The van der Waals surface area contributed by atoms with Gasteiger partial charge < -0.3 is 10.1 Å². The molecule has 2 nitrogen and oxygen atoms in total. The van der Waals surface area contributed by atoms with Crippen molar-refractivity contribution in [1.82, 2.24) is 5.32 Å². The van der Waals surface area contributed by atoms with E-state index < -0.39 is 0 Å². The molecule has 0 aliphatic rings. The van der Waals surface area contributed by atoms with Crippen LogP contribution in [0.3, 0.4) is 0 Å². The van der Waals surface area contributed by atoms with E-state index in [1.165, 1.54) is 11.1 Å². The maximum absolute atomic E-state index is 5.59. The Bertz CT molecular complexity index is 344. The van der Waals surface area contributed by atoms with Gasteiger partial charge in [0.25, 0.3) is 0 Å². The van der Waals surface area contributed by atoms with Crippen molar-refractivity contribution in [3.8, 4) is 5.75 Å². The summed E-state index contributed by atoms with van der Waals surface area (Å²) in [5, 5.41) is 3.14. The van der Waals surface area contributed by atoms with Crippen LogP contribution in [-0.2, 0) is 0 Å². The lowest BCUT2D eigenvalue weighted by Gasteiger charge is -2.05. The molecule has 0 spiro atoms. The van der Waals surface area contributed by atoms with Crippen molar-refractivity contribution in [2.45, 2.75) is 20.3 Å². The Morgan fingerprint density at radius 1 is 1.44 bits per heavy atom. The van der Waals surface area contributed by atoms with E-state index in [0.29, 0.717) is 0 Å². The summed E-state index contributed by atoms with van der Waals surface area (Å²) < 4.78 is 5.59. The Morgan fingerprint density at radius 3 is 2.94 bits per heavy atom. The van der Waals surface area contributed by atoms with Crippen LogP contribution in [-0.4, -0.2) is 20.2 Å². The largest absolute Gasteiger partial charge is 0.494 e. The van der Waals surface area contributed by atoms with Gasteiger partial charge in [-0.2, -0.15) is 0 Å². The molecule has 0 saturated heterocycles. The summed E-state index contributed by atoms with van der Waals surface area (Å²) >= 11 is 0. The third kappa shape index (κ3) is 4.49. The van der Waals surface area contributed by atoms with Crippen molar-refractivity contribution in [2.24, 2.45) is 0 Å². The van der Waals surface area contributed by atoms with E-state index >= 15 is 0 Å². The van der Waals surface area contributed by atoms with Gasteiger partial charge >= 0.3 is 0 Å². The van der Waals surface area contributed by atoms with Crippen LogP contribution in [0.25, 0.3) is 6.08 Å². The molecule has 0 atom stereocenters. The van der Waals surface area contributed by atoms with E-state index in [1.54, 1.807) is 0 Å². The van der Waals surface area contributed by atoms with Gasteiger partial charge in [0.15, 0.2) is 0 Å². The third-order valence-corrected chi connectivity index (χ3v) is 2.20. The van der Waals surface area contributed by atoms with Crippen molar-refractivity contribution in [2.75, 3.05) is 20.2 Å². The molecule has 1 N–H and O–H groups in total. The zero-order valence-corrected chi connectivity index (χ0v) is 10.4. The lowest BCUT2D eigenvalue weighted by atomic mass is 10.1. The highest BCUT2D eigenvalue weighted by molar-refractivity contribution is 5.54. The zero-order chi connectivity index (χ0) is 11.8. The van der Waals surface area contributed by atoms with Gasteiger partial charge in [0.1, 0.15) is 5.75 Å². The number of benzene rings is 1. The summed E-state index contributed by atoms with van der Waals surface area (Å²) in [6.45, 7) is 5.93. The SMILES string of the molecule is CCCOc1cccc(C=C(C)CNC)c1. The number of rotatable bonds is 6. The summed E-state index contributed by atoms with van der Waals surface area (Å²) in [4.78, 5) is 0. The van der Waals surface area contributed by atoms with E-state index in [-0.39, 0.29) is 0 Å². The van der Waals surface area contributed by atoms with Gasteiger partial charge in [0.05, 0.1) is 6.61 Å². The lowest BCUT2D eigenvalue weighted by Crippen LogP contribution is -2.08. The molecule has 0 radical (unpaired) electrons. The van der Waals surface area contributed by atoms with E-state index in [1.807, 2.05) is 19.2 Å². The Labute approximate surface area is 98.3 Å². The molecule has 0 unspecified atom stereocenters. The van der Waals surface area contributed by atoms with Crippen LogP contribution in [0.2, 0.25) is 0 Å². The summed E-state index contributed by atoms with van der Waals surface area (Å²) in [5.41, 5.74) is 2.51. The summed E-state index contributed by atoms with van der Waals surface area (Å²) in [6.07, 6.45) is 3.22. The van der Waals surface area contributed by atoms with Crippen molar-refractivity contribution < 1.29 is 4.74 Å². The second kappa shape index (κ2) is 7.07. The van der Waals surface area contributed by atoms with Crippen LogP contribution in [0.1, 0.15) is 25.8 Å². The first kappa shape index (κ1) is 12.8. The summed E-state index contributed by atoms with van der Waals surface area (Å²) in [6, 6.07) is 8.21. The fourth-order valence-electron chi connectivity index (χ4n) is 1.53. The van der Waals surface area contributed by atoms with E-state index in [0.717, 1.165) is 25.3 Å². The molecule has 1 rings (SSSR count). The lowest BCUT2D eigenvalue weighted by molar-refractivity contribution is 0.317. The standard InChI is InChI=1S/C14H21NO/c1-4-8-16-14-7-5-6-13(10-14)9-12(2)11-15-3/h5-7,9-10,15H,4,8,11H2,1-3H3. The van der Waals surface area contributed by atoms with Gasteiger partial charge in [-0.05, 0) is 38.1 Å². The smallest absolute Gasteiger partial charge is 0.119 e. The maximum Gasteiger partial charge on any atom is 0.119 e. The summed E-state index contributed by atoms with van der Waals surface area (Å²) in [5.74, 6) is 0.952. The van der Waals surface area contributed by atoms with Gasteiger partial charge in [0, 0.05) is 6.54 Å². The second-order valence-electron chi connectivity index (χ2n) is 3.94. The highest BCUT2D eigenvalue weighted by Gasteiger charge is 1.95. The molecule has 0 aromatic heterocycles.